The number of hydrogen-bond acceptors (Lipinski definition) is 3. The van der Waals surface area contributed by atoms with E-state index in [4.69, 9.17) is 5.73 Å². The van der Waals surface area contributed by atoms with Gasteiger partial charge in [-0.15, -0.1) is 0 Å². The molecule has 1 heterocycles. The second-order valence-electron chi connectivity index (χ2n) is 4.24. The Morgan fingerprint density at radius 2 is 2.12 bits per heavy atom. The second-order valence-corrected chi connectivity index (χ2v) is 5.65. The predicted octanol–water partition coefficient (Wildman–Crippen LogP) is 2.09. The zero-order chi connectivity index (χ0) is 12.3. The van der Waals surface area contributed by atoms with Crippen LogP contribution in [0.1, 0.15) is 20.3 Å². The van der Waals surface area contributed by atoms with E-state index in [0.717, 1.165) is 12.2 Å². The molecule has 6 heteroatoms. The van der Waals surface area contributed by atoms with Gasteiger partial charge in [0.2, 0.25) is 0 Å². The largest absolute Gasteiger partial charge is 0.405 e. The summed E-state index contributed by atoms with van der Waals surface area (Å²) in [6.45, 7) is 4.41. The van der Waals surface area contributed by atoms with Crippen LogP contribution >= 0.6 is 11.8 Å². The zero-order valence-corrected chi connectivity index (χ0v) is 10.4. The molecule has 1 aliphatic rings. The van der Waals surface area contributed by atoms with Gasteiger partial charge in [-0.3, -0.25) is 4.90 Å². The Morgan fingerprint density at radius 1 is 1.50 bits per heavy atom. The van der Waals surface area contributed by atoms with Crippen LogP contribution in [0, 0.1) is 0 Å². The average Bonchev–Trinajstić information content (AvgIpc) is 2.15. The zero-order valence-electron chi connectivity index (χ0n) is 9.63. The van der Waals surface area contributed by atoms with E-state index in [0.29, 0.717) is 18.3 Å². The van der Waals surface area contributed by atoms with Crippen molar-refractivity contribution in [2.45, 2.75) is 43.8 Å². The molecule has 2 nitrogen and oxygen atoms in total. The Morgan fingerprint density at radius 3 is 2.56 bits per heavy atom. The Labute approximate surface area is 98.7 Å². The fourth-order valence-electron chi connectivity index (χ4n) is 2.08. The molecule has 1 aliphatic heterocycles. The van der Waals surface area contributed by atoms with Crippen molar-refractivity contribution in [3.05, 3.63) is 0 Å². The van der Waals surface area contributed by atoms with Gasteiger partial charge in [0, 0.05) is 30.1 Å². The Hall–Kier alpha value is 0.0600. The molecule has 0 spiro atoms. The quantitative estimate of drug-likeness (QED) is 0.838. The topological polar surface area (TPSA) is 29.3 Å². The average molecular weight is 256 g/mol. The van der Waals surface area contributed by atoms with Crippen LogP contribution in [0.3, 0.4) is 0 Å². The fraction of sp³-hybridized carbons (Fsp3) is 1.00. The van der Waals surface area contributed by atoms with Crippen LogP contribution in [0.4, 0.5) is 13.2 Å². The third kappa shape index (κ3) is 3.53. The minimum atomic E-state index is -4.23. The summed E-state index contributed by atoms with van der Waals surface area (Å²) in [5.74, 6) is 0.762. The number of hydrogen-bond donors (Lipinski definition) is 1. The number of nitrogens with two attached hydrogens (primary N) is 1. The highest BCUT2D eigenvalue weighted by Gasteiger charge is 2.46. The molecule has 96 valence electrons. The lowest BCUT2D eigenvalue weighted by Crippen LogP contribution is -2.58. The van der Waals surface area contributed by atoms with Gasteiger partial charge in [0.15, 0.2) is 0 Å². The van der Waals surface area contributed by atoms with Crippen LogP contribution in [-0.2, 0) is 0 Å². The highest BCUT2D eigenvalue weighted by molar-refractivity contribution is 8.00. The van der Waals surface area contributed by atoms with Crippen LogP contribution in [0.2, 0.25) is 0 Å². The Bertz CT molecular complexity index is 221. The molecule has 0 aliphatic carbocycles. The summed E-state index contributed by atoms with van der Waals surface area (Å²) in [6.07, 6.45) is -3.32. The summed E-state index contributed by atoms with van der Waals surface area (Å²) < 4.78 is 38.6. The van der Waals surface area contributed by atoms with Crippen LogP contribution in [0.15, 0.2) is 0 Å². The van der Waals surface area contributed by atoms with Crippen LogP contribution in [0.25, 0.3) is 0 Å². The molecule has 0 bridgehead atoms. The van der Waals surface area contributed by atoms with Gasteiger partial charge in [-0.1, -0.05) is 6.92 Å². The highest BCUT2D eigenvalue weighted by atomic mass is 32.2. The molecule has 0 aromatic heterocycles. The summed E-state index contributed by atoms with van der Waals surface area (Å²) >= 11 is 1.76. The number of nitrogens with zero attached hydrogens (tertiary/aromatic N) is 1. The van der Waals surface area contributed by atoms with E-state index in [1.807, 2.05) is 6.92 Å². The molecule has 0 aromatic carbocycles. The first-order valence-electron chi connectivity index (χ1n) is 5.54. The monoisotopic (exact) mass is 256 g/mol. The lowest BCUT2D eigenvalue weighted by atomic mass is 10.1. The van der Waals surface area contributed by atoms with Crippen molar-refractivity contribution in [3.63, 3.8) is 0 Å². The van der Waals surface area contributed by atoms with Gasteiger partial charge in [0.25, 0.3) is 0 Å². The number of rotatable bonds is 3. The minimum Gasteiger partial charge on any atom is -0.326 e. The molecule has 1 fully saturated rings. The molecule has 0 amide bonds. The van der Waals surface area contributed by atoms with Crippen LogP contribution in [0.5, 0.6) is 0 Å². The highest BCUT2D eigenvalue weighted by Crippen LogP contribution is 2.31. The summed E-state index contributed by atoms with van der Waals surface area (Å²) in [7, 11) is 0. The van der Waals surface area contributed by atoms with Gasteiger partial charge in [-0.05, 0) is 13.3 Å². The molecular formula is C10H19F3N2S. The maximum Gasteiger partial charge on any atom is 0.405 e. The van der Waals surface area contributed by atoms with Gasteiger partial charge < -0.3 is 5.73 Å². The van der Waals surface area contributed by atoms with Crippen molar-refractivity contribution in [1.29, 1.82) is 0 Å². The molecule has 1 saturated heterocycles. The van der Waals surface area contributed by atoms with E-state index in [1.54, 1.807) is 11.8 Å². The molecule has 2 N–H and O–H groups in total. The minimum absolute atomic E-state index is 0.303. The standard InChI is InChI=1S/C10H19F3N2S/c1-3-8-6-15(4-5-16-8)9(7(2)14)10(11,12)13/h7-9H,3-6,14H2,1-2H3. The van der Waals surface area contributed by atoms with Gasteiger partial charge in [0.05, 0.1) is 0 Å². The maximum absolute atomic E-state index is 12.9. The third-order valence-corrected chi connectivity index (χ3v) is 4.22. The maximum atomic E-state index is 12.9. The molecular weight excluding hydrogens is 237 g/mol. The predicted molar refractivity (Wildman–Crippen MR) is 61.6 cm³/mol. The lowest BCUT2D eigenvalue weighted by molar-refractivity contribution is -0.187. The Kier molecular flexibility index (Phi) is 4.94. The molecule has 3 unspecified atom stereocenters. The summed E-state index contributed by atoms with van der Waals surface area (Å²) in [4.78, 5) is 1.50. The second kappa shape index (κ2) is 5.60. The third-order valence-electron chi connectivity index (χ3n) is 2.85. The van der Waals surface area contributed by atoms with Crippen molar-refractivity contribution in [2.24, 2.45) is 5.73 Å². The summed E-state index contributed by atoms with van der Waals surface area (Å²) in [5, 5.41) is 0.303. The van der Waals surface area contributed by atoms with Gasteiger partial charge in [-0.25, -0.2) is 0 Å². The first-order chi connectivity index (χ1) is 7.36. The first kappa shape index (κ1) is 14.1. The normalized spacial score (nSPS) is 27.8. The SMILES string of the molecule is CCC1CN(C(C(C)N)C(F)(F)F)CCS1. The van der Waals surface area contributed by atoms with Crippen molar-refractivity contribution >= 4 is 11.8 Å². The molecule has 0 aromatic rings. The number of thioether (sulfide) groups is 1. The van der Waals surface area contributed by atoms with Crippen molar-refractivity contribution in [2.75, 3.05) is 18.8 Å². The van der Waals surface area contributed by atoms with Gasteiger partial charge in [0.1, 0.15) is 6.04 Å². The van der Waals surface area contributed by atoms with Crippen LogP contribution < -0.4 is 5.73 Å². The lowest BCUT2D eigenvalue weighted by Gasteiger charge is -2.40. The summed E-state index contributed by atoms with van der Waals surface area (Å²) in [5.41, 5.74) is 5.47. The van der Waals surface area contributed by atoms with Crippen molar-refractivity contribution in [1.82, 2.24) is 4.90 Å². The molecule has 1 rings (SSSR count). The molecule has 3 atom stereocenters. The van der Waals surface area contributed by atoms with Gasteiger partial charge in [-0.2, -0.15) is 24.9 Å². The van der Waals surface area contributed by atoms with Crippen molar-refractivity contribution in [3.8, 4) is 0 Å². The molecule has 0 saturated carbocycles. The smallest absolute Gasteiger partial charge is 0.326 e. The van der Waals surface area contributed by atoms with E-state index >= 15 is 0 Å². The van der Waals surface area contributed by atoms with Gasteiger partial charge >= 0.3 is 6.18 Å². The van der Waals surface area contributed by atoms with E-state index in [1.165, 1.54) is 11.8 Å². The summed E-state index contributed by atoms with van der Waals surface area (Å²) in [6, 6.07) is -2.37. The fourth-order valence-corrected chi connectivity index (χ4v) is 3.29. The van der Waals surface area contributed by atoms with Crippen LogP contribution in [-0.4, -0.2) is 47.3 Å². The number of alkyl halides is 3. The molecule has 16 heavy (non-hydrogen) atoms. The molecule has 0 radical (unpaired) electrons. The van der Waals surface area contributed by atoms with E-state index in [2.05, 4.69) is 0 Å². The van der Waals surface area contributed by atoms with E-state index < -0.39 is 18.3 Å². The Balaban J connectivity index is 2.71. The number of halogens is 3. The van der Waals surface area contributed by atoms with Crippen molar-refractivity contribution < 1.29 is 13.2 Å². The first-order valence-corrected chi connectivity index (χ1v) is 6.59. The van der Waals surface area contributed by atoms with E-state index in [9.17, 15) is 13.2 Å². The van der Waals surface area contributed by atoms with E-state index in [-0.39, 0.29) is 0 Å².